The van der Waals surface area contributed by atoms with Gasteiger partial charge < -0.3 is 0 Å². The predicted octanol–water partition coefficient (Wildman–Crippen LogP) is 4.71. The summed E-state index contributed by atoms with van der Waals surface area (Å²) in [5.74, 6) is 0.674. The Morgan fingerprint density at radius 1 is 1.00 bits per heavy atom. The second-order valence-corrected chi connectivity index (χ2v) is 16.0. The van der Waals surface area contributed by atoms with Gasteiger partial charge >= 0.3 is 113 Å². The van der Waals surface area contributed by atoms with Crippen molar-refractivity contribution in [3.8, 4) is 0 Å². The second kappa shape index (κ2) is 6.47. The molecular formula is C13H16Cl2Hf. The van der Waals surface area contributed by atoms with Crippen LogP contribution in [0.25, 0.3) is 0 Å². The molecule has 0 unspecified atom stereocenters. The zero-order valence-electron chi connectivity index (χ0n) is 9.26. The van der Waals surface area contributed by atoms with Crippen LogP contribution in [0.2, 0.25) is 0 Å². The average Bonchev–Trinajstić information content (AvgIpc) is 2.31. The molecule has 0 N–H and O–H groups in total. The molecule has 1 aromatic rings. The third-order valence-electron chi connectivity index (χ3n) is 3.30. The first-order chi connectivity index (χ1) is 7.79. The Bertz CT molecular complexity index is 363. The van der Waals surface area contributed by atoms with E-state index in [9.17, 15) is 0 Å². The van der Waals surface area contributed by atoms with E-state index in [0.717, 1.165) is 0 Å². The standard InChI is InChI=1S/C13H16.2ClH.Hf/c1-3-7-12(8-4-1)11-13-9-5-2-6-10-13;;;/h1,3-4,7-8,13H,2,5-6,9-10H2;2*1H;/q;;;+2/p-2. The van der Waals surface area contributed by atoms with Gasteiger partial charge in [-0.2, -0.15) is 0 Å². The van der Waals surface area contributed by atoms with Gasteiger partial charge in [-0.3, -0.25) is 0 Å². The molecule has 0 heterocycles. The molecule has 0 nitrogen and oxygen atoms in total. The van der Waals surface area contributed by atoms with Crippen LogP contribution in [0.5, 0.6) is 0 Å². The van der Waals surface area contributed by atoms with Crippen LogP contribution in [-0.4, -0.2) is 3.26 Å². The van der Waals surface area contributed by atoms with Gasteiger partial charge in [0.05, 0.1) is 0 Å². The number of rotatable bonds is 2. The Kier molecular flexibility index (Phi) is 5.25. The molecule has 0 radical (unpaired) electrons. The summed E-state index contributed by atoms with van der Waals surface area (Å²) in [5, 5.41) is 0. The summed E-state index contributed by atoms with van der Waals surface area (Å²) in [6.07, 6.45) is 6.64. The second-order valence-electron chi connectivity index (χ2n) is 4.38. The fourth-order valence-electron chi connectivity index (χ4n) is 2.51. The van der Waals surface area contributed by atoms with E-state index >= 15 is 0 Å². The van der Waals surface area contributed by atoms with Crippen LogP contribution in [0.15, 0.2) is 30.3 Å². The van der Waals surface area contributed by atoms with Gasteiger partial charge in [0.25, 0.3) is 0 Å². The molecular weight excluding hydrogens is 406 g/mol. The van der Waals surface area contributed by atoms with Crippen molar-refractivity contribution in [2.75, 3.05) is 0 Å². The fourth-order valence-corrected chi connectivity index (χ4v) is 10.3. The monoisotopic (exact) mass is 422 g/mol. The van der Waals surface area contributed by atoms with Gasteiger partial charge in [0, 0.05) is 0 Å². The molecule has 86 valence electrons. The number of benzene rings is 1. The van der Waals surface area contributed by atoms with E-state index < -0.39 is 18.6 Å². The molecule has 0 bridgehead atoms. The molecule has 0 spiro atoms. The summed E-state index contributed by atoms with van der Waals surface area (Å²) in [7, 11) is 12.7. The Balaban J connectivity index is 2.28. The molecule has 1 aromatic carbocycles. The van der Waals surface area contributed by atoms with Crippen molar-refractivity contribution in [3.63, 3.8) is 0 Å². The first-order valence-corrected chi connectivity index (χ1v) is 16.6. The van der Waals surface area contributed by atoms with E-state index in [1.807, 2.05) is 0 Å². The van der Waals surface area contributed by atoms with Gasteiger partial charge in [0.1, 0.15) is 0 Å². The zero-order valence-corrected chi connectivity index (χ0v) is 14.4. The van der Waals surface area contributed by atoms with Gasteiger partial charge in [-0.1, -0.05) is 0 Å². The predicted molar refractivity (Wildman–Crippen MR) is 68.8 cm³/mol. The van der Waals surface area contributed by atoms with E-state index in [-0.39, 0.29) is 0 Å². The maximum atomic E-state index is 6.35. The van der Waals surface area contributed by atoms with Crippen molar-refractivity contribution in [3.05, 3.63) is 35.9 Å². The summed E-state index contributed by atoms with van der Waals surface area (Å²) >= 11 is -2.45. The van der Waals surface area contributed by atoms with Crippen LogP contribution in [0.3, 0.4) is 0 Å². The van der Waals surface area contributed by atoms with Crippen molar-refractivity contribution in [1.29, 1.82) is 0 Å². The Labute approximate surface area is 112 Å². The molecule has 3 heteroatoms. The minimum atomic E-state index is -2.45. The fraction of sp³-hybridized carbons (Fsp3) is 0.462. The van der Waals surface area contributed by atoms with Gasteiger partial charge in [-0.25, -0.2) is 0 Å². The molecule has 2 rings (SSSR count). The van der Waals surface area contributed by atoms with Gasteiger partial charge in [0.15, 0.2) is 0 Å². The minimum absolute atomic E-state index is 0.674. The van der Waals surface area contributed by atoms with Crippen molar-refractivity contribution in [2.24, 2.45) is 5.92 Å². The van der Waals surface area contributed by atoms with Crippen LogP contribution in [0.4, 0.5) is 0 Å². The summed E-state index contributed by atoms with van der Waals surface area (Å²) in [6.45, 7) is 0. The maximum absolute atomic E-state index is 6.35. The molecule has 0 aliphatic heterocycles. The molecule has 0 aromatic heterocycles. The van der Waals surface area contributed by atoms with E-state index in [2.05, 4.69) is 30.3 Å². The first kappa shape index (κ1) is 13.0. The molecule has 1 aliphatic carbocycles. The summed E-state index contributed by atoms with van der Waals surface area (Å²) < 4.78 is 1.44. The van der Waals surface area contributed by atoms with Crippen molar-refractivity contribution < 1.29 is 18.6 Å². The summed E-state index contributed by atoms with van der Waals surface area (Å²) in [5.41, 5.74) is 1.31. The van der Waals surface area contributed by atoms with E-state index in [0.29, 0.717) is 5.92 Å². The van der Waals surface area contributed by atoms with Crippen LogP contribution in [0, 0.1) is 5.92 Å². The SMILES string of the molecule is [Cl][Hf]([Cl])=[C](c1ccccc1)C1CCCCC1. The topological polar surface area (TPSA) is 0 Å². The van der Waals surface area contributed by atoms with E-state index in [1.165, 1.54) is 40.9 Å². The van der Waals surface area contributed by atoms with E-state index in [4.69, 9.17) is 17.2 Å². The number of hydrogen-bond donors (Lipinski definition) is 0. The Morgan fingerprint density at radius 2 is 1.62 bits per heavy atom. The van der Waals surface area contributed by atoms with Crippen molar-refractivity contribution in [1.82, 2.24) is 0 Å². The molecule has 1 fully saturated rings. The van der Waals surface area contributed by atoms with Gasteiger partial charge in [0.2, 0.25) is 0 Å². The first-order valence-electron chi connectivity index (χ1n) is 5.89. The molecule has 1 aliphatic rings. The average molecular weight is 422 g/mol. The summed E-state index contributed by atoms with van der Waals surface area (Å²) in [4.78, 5) is 0. The van der Waals surface area contributed by atoms with Gasteiger partial charge in [-0.05, 0) is 0 Å². The Hall–Kier alpha value is 0.540. The van der Waals surface area contributed by atoms with Crippen LogP contribution < -0.4 is 0 Å². The van der Waals surface area contributed by atoms with Crippen molar-refractivity contribution >= 4 is 20.4 Å². The molecule has 0 atom stereocenters. The van der Waals surface area contributed by atoms with Crippen LogP contribution >= 0.6 is 17.2 Å². The van der Waals surface area contributed by atoms with Crippen LogP contribution in [0.1, 0.15) is 37.7 Å². The number of halogens is 2. The van der Waals surface area contributed by atoms with Crippen LogP contribution in [-0.2, 0) is 18.6 Å². The third-order valence-corrected chi connectivity index (χ3v) is 10.6. The quantitative estimate of drug-likeness (QED) is 0.607. The third kappa shape index (κ3) is 3.27. The zero-order chi connectivity index (χ0) is 11.4. The number of hydrogen-bond acceptors (Lipinski definition) is 0. The normalized spacial score (nSPS) is 17.1. The van der Waals surface area contributed by atoms with Gasteiger partial charge in [-0.15, -0.1) is 0 Å². The Morgan fingerprint density at radius 3 is 2.19 bits per heavy atom. The summed E-state index contributed by atoms with van der Waals surface area (Å²) in [6, 6.07) is 10.6. The molecule has 16 heavy (non-hydrogen) atoms. The van der Waals surface area contributed by atoms with E-state index in [1.54, 1.807) is 0 Å². The molecule has 0 amide bonds. The molecule has 0 saturated heterocycles. The molecule has 1 saturated carbocycles. The van der Waals surface area contributed by atoms with Crippen molar-refractivity contribution in [2.45, 2.75) is 32.1 Å².